The summed E-state index contributed by atoms with van der Waals surface area (Å²) >= 11 is 0. The van der Waals surface area contributed by atoms with Crippen LogP contribution in [0.1, 0.15) is 47.5 Å². The molecule has 1 amide bonds. The normalized spacial score (nSPS) is 16.6. The molecular formula is C13H26N2O. The van der Waals surface area contributed by atoms with Gasteiger partial charge in [-0.25, -0.2) is 0 Å². The molecule has 0 spiro atoms. The Bertz CT molecular complexity index is 239. The SMILES string of the molecule is CC(C)N(CC1CC1)C(=O)CNC(C)(C)C. The van der Waals surface area contributed by atoms with Gasteiger partial charge < -0.3 is 10.2 Å². The molecule has 0 aromatic rings. The molecule has 16 heavy (non-hydrogen) atoms. The van der Waals surface area contributed by atoms with Crippen LogP contribution in [0.25, 0.3) is 0 Å². The van der Waals surface area contributed by atoms with Crippen LogP contribution in [0.2, 0.25) is 0 Å². The standard InChI is InChI=1S/C13H26N2O/c1-10(2)15(9-11-6-7-11)12(16)8-14-13(3,4)5/h10-11,14H,6-9H2,1-5H3. The van der Waals surface area contributed by atoms with E-state index in [-0.39, 0.29) is 11.4 Å². The third-order valence-corrected chi connectivity index (χ3v) is 2.87. The fourth-order valence-corrected chi connectivity index (χ4v) is 1.62. The van der Waals surface area contributed by atoms with Crippen molar-refractivity contribution in [1.82, 2.24) is 10.2 Å². The summed E-state index contributed by atoms with van der Waals surface area (Å²) in [6, 6.07) is 0.315. The number of hydrogen-bond donors (Lipinski definition) is 1. The van der Waals surface area contributed by atoms with Crippen LogP contribution in [0, 0.1) is 5.92 Å². The van der Waals surface area contributed by atoms with Gasteiger partial charge in [-0.15, -0.1) is 0 Å². The van der Waals surface area contributed by atoms with E-state index in [0.717, 1.165) is 12.5 Å². The summed E-state index contributed by atoms with van der Waals surface area (Å²) < 4.78 is 0. The highest BCUT2D eigenvalue weighted by Gasteiger charge is 2.28. The van der Waals surface area contributed by atoms with Crippen molar-refractivity contribution in [3.05, 3.63) is 0 Å². The zero-order valence-electron chi connectivity index (χ0n) is 11.3. The van der Waals surface area contributed by atoms with Gasteiger partial charge in [0.2, 0.25) is 5.91 Å². The van der Waals surface area contributed by atoms with Gasteiger partial charge in [0.1, 0.15) is 0 Å². The second-order valence-electron chi connectivity index (χ2n) is 6.19. The Labute approximate surface area is 99.6 Å². The molecule has 3 heteroatoms. The molecule has 0 saturated heterocycles. The Morgan fingerprint density at radius 1 is 1.38 bits per heavy atom. The summed E-state index contributed by atoms with van der Waals surface area (Å²) in [5.74, 6) is 0.998. The number of nitrogens with zero attached hydrogens (tertiary/aromatic N) is 1. The highest BCUT2D eigenvalue weighted by Crippen LogP contribution is 2.30. The second kappa shape index (κ2) is 5.17. The monoisotopic (exact) mass is 226 g/mol. The van der Waals surface area contributed by atoms with Crippen LogP contribution in [-0.4, -0.2) is 35.5 Å². The molecular weight excluding hydrogens is 200 g/mol. The third-order valence-electron chi connectivity index (χ3n) is 2.87. The minimum Gasteiger partial charge on any atom is -0.339 e. The van der Waals surface area contributed by atoms with Gasteiger partial charge in [-0.1, -0.05) is 0 Å². The first kappa shape index (κ1) is 13.5. The summed E-state index contributed by atoms with van der Waals surface area (Å²) in [6.45, 7) is 11.8. The Morgan fingerprint density at radius 3 is 2.31 bits per heavy atom. The molecule has 1 saturated carbocycles. The number of carbonyl (C=O) groups is 1. The fraction of sp³-hybridized carbons (Fsp3) is 0.923. The first-order valence-electron chi connectivity index (χ1n) is 6.34. The molecule has 3 nitrogen and oxygen atoms in total. The maximum atomic E-state index is 12.1. The molecule has 94 valence electrons. The number of hydrogen-bond acceptors (Lipinski definition) is 2. The fourth-order valence-electron chi connectivity index (χ4n) is 1.62. The predicted molar refractivity (Wildman–Crippen MR) is 67.3 cm³/mol. The topological polar surface area (TPSA) is 32.3 Å². The van der Waals surface area contributed by atoms with Crippen LogP contribution in [-0.2, 0) is 4.79 Å². The van der Waals surface area contributed by atoms with E-state index in [4.69, 9.17) is 0 Å². The van der Waals surface area contributed by atoms with Crippen molar-refractivity contribution in [2.45, 2.75) is 59.0 Å². The lowest BCUT2D eigenvalue weighted by Crippen LogP contribution is -2.47. The Hall–Kier alpha value is -0.570. The quantitative estimate of drug-likeness (QED) is 0.778. The smallest absolute Gasteiger partial charge is 0.236 e. The van der Waals surface area contributed by atoms with E-state index < -0.39 is 0 Å². The van der Waals surface area contributed by atoms with Crippen LogP contribution in [0.5, 0.6) is 0 Å². The molecule has 0 radical (unpaired) electrons. The summed E-state index contributed by atoms with van der Waals surface area (Å²) in [5, 5.41) is 3.26. The van der Waals surface area contributed by atoms with Gasteiger partial charge in [0, 0.05) is 18.1 Å². The highest BCUT2D eigenvalue weighted by atomic mass is 16.2. The maximum absolute atomic E-state index is 12.1. The highest BCUT2D eigenvalue weighted by molar-refractivity contribution is 5.78. The van der Waals surface area contributed by atoms with Gasteiger partial charge >= 0.3 is 0 Å². The maximum Gasteiger partial charge on any atom is 0.236 e. The predicted octanol–water partition coefficient (Wildman–Crippen LogP) is 2.02. The van der Waals surface area contributed by atoms with Crippen LogP contribution in [0.3, 0.4) is 0 Å². The van der Waals surface area contributed by atoms with E-state index in [1.807, 2.05) is 4.90 Å². The average Bonchev–Trinajstić information content (AvgIpc) is 2.92. The molecule has 0 aliphatic heterocycles. The molecule has 0 atom stereocenters. The molecule has 0 aromatic carbocycles. The minimum atomic E-state index is 0.0118. The van der Waals surface area contributed by atoms with Gasteiger partial charge in [-0.2, -0.15) is 0 Å². The van der Waals surface area contributed by atoms with E-state index >= 15 is 0 Å². The first-order valence-corrected chi connectivity index (χ1v) is 6.34. The lowest BCUT2D eigenvalue weighted by molar-refractivity contribution is -0.132. The van der Waals surface area contributed by atoms with Crippen molar-refractivity contribution in [3.63, 3.8) is 0 Å². The zero-order valence-corrected chi connectivity index (χ0v) is 11.3. The second-order valence-corrected chi connectivity index (χ2v) is 6.19. The van der Waals surface area contributed by atoms with Crippen molar-refractivity contribution >= 4 is 5.91 Å². The van der Waals surface area contributed by atoms with E-state index in [0.29, 0.717) is 12.6 Å². The van der Waals surface area contributed by atoms with Crippen molar-refractivity contribution < 1.29 is 4.79 Å². The molecule has 0 unspecified atom stereocenters. The Morgan fingerprint density at radius 2 is 1.94 bits per heavy atom. The molecule has 1 fully saturated rings. The van der Waals surface area contributed by atoms with Gasteiger partial charge in [-0.3, -0.25) is 4.79 Å². The molecule has 0 aromatic heterocycles. The minimum absolute atomic E-state index is 0.0118. The largest absolute Gasteiger partial charge is 0.339 e. The van der Waals surface area contributed by atoms with Gasteiger partial charge in [0.15, 0.2) is 0 Å². The molecule has 1 aliphatic carbocycles. The number of nitrogens with one attached hydrogen (secondary N) is 1. The van der Waals surface area contributed by atoms with Crippen molar-refractivity contribution in [2.24, 2.45) is 5.92 Å². The molecule has 0 heterocycles. The van der Waals surface area contributed by atoms with Gasteiger partial charge in [-0.05, 0) is 53.4 Å². The van der Waals surface area contributed by atoms with E-state index in [1.54, 1.807) is 0 Å². The number of rotatable bonds is 5. The lowest BCUT2D eigenvalue weighted by Gasteiger charge is -2.29. The Balaban J connectivity index is 2.40. The summed E-state index contributed by atoms with van der Waals surface area (Å²) in [6.07, 6.45) is 2.59. The summed E-state index contributed by atoms with van der Waals surface area (Å²) in [7, 11) is 0. The average molecular weight is 226 g/mol. The van der Waals surface area contributed by atoms with E-state index in [9.17, 15) is 4.79 Å². The van der Waals surface area contributed by atoms with E-state index in [1.165, 1.54) is 12.8 Å². The summed E-state index contributed by atoms with van der Waals surface area (Å²) in [4.78, 5) is 14.1. The van der Waals surface area contributed by atoms with Crippen LogP contribution in [0.4, 0.5) is 0 Å². The molecule has 1 aliphatic rings. The molecule has 1 N–H and O–H groups in total. The van der Waals surface area contributed by atoms with Crippen LogP contribution in [0.15, 0.2) is 0 Å². The number of carbonyl (C=O) groups excluding carboxylic acids is 1. The van der Waals surface area contributed by atoms with Crippen molar-refractivity contribution in [2.75, 3.05) is 13.1 Å². The number of amides is 1. The first-order chi connectivity index (χ1) is 7.29. The zero-order chi connectivity index (χ0) is 12.3. The molecule has 1 rings (SSSR count). The van der Waals surface area contributed by atoms with Crippen LogP contribution >= 0.6 is 0 Å². The van der Waals surface area contributed by atoms with Gasteiger partial charge in [0.25, 0.3) is 0 Å². The van der Waals surface area contributed by atoms with Crippen LogP contribution < -0.4 is 5.32 Å². The van der Waals surface area contributed by atoms with E-state index in [2.05, 4.69) is 39.9 Å². The Kier molecular flexibility index (Phi) is 4.36. The lowest BCUT2D eigenvalue weighted by atomic mass is 10.1. The third kappa shape index (κ3) is 4.97. The van der Waals surface area contributed by atoms with Crippen molar-refractivity contribution in [1.29, 1.82) is 0 Å². The van der Waals surface area contributed by atoms with Crippen molar-refractivity contribution in [3.8, 4) is 0 Å². The summed E-state index contributed by atoms with van der Waals surface area (Å²) in [5.41, 5.74) is 0.0118. The van der Waals surface area contributed by atoms with Gasteiger partial charge in [0.05, 0.1) is 6.54 Å². The molecule has 0 bridgehead atoms.